The molecule has 0 saturated heterocycles. The molecule has 2 aliphatic rings. The van der Waals surface area contributed by atoms with Crippen molar-refractivity contribution in [1.82, 2.24) is 10.2 Å². The van der Waals surface area contributed by atoms with Gasteiger partial charge in [0.1, 0.15) is 0 Å². The minimum absolute atomic E-state index is 0.0591. The van der Waals surface area contributed by atoms with E-state index in [1.54, 1.807) is 11.8 Å². The zero-order valence-corrected chi connectivity index (χ0v) is 18.0. The number of nitrogens with one attached hydrogen (secondary N) is 2. The number of nitrogens with zero attached hydrogens (tertiary/aromatic N) is 1. The van der Waals surface area contributed by atoms with Gasteiger partial charge in [0.15, 0.2) is 0 Å². The molecule has 162 valence electrons. The molecule has 1 fully saturated rings. The van der Waals surface area contributed by atoms with E-state index in [1.807, 2.05) is 24.3 Å². The van der Waals surface area contributed by atoms with E-state index in [1.165, 1.54) is 7.11 Å². The number of benzene rings is 1. The van der Waals surface area contributed by atoms with E-state index in [-0.39, 0.29) is 17.9 Å². The van der Waals surface area contributed by atoms with Crippen molar-refractivity contribution in [3.63, 3.8) is 0 Å². The summed E-state index contributed by atoms with van der Waals surface area (Å²) in [4.78, 5) is 39.2. The number of hydrogen-bond donors (Lipinski definition) is 2. The second kappa shape index (κ2) is 9.78. The molecule has 1 heterocycles. The largest absolute Gasteiger partial charge is 0.466 e. The highest BCUT2D eigenvalue weighted by molar-refractivity contribution is 5.95. The second-order valence-corrected chi connectivity index (χ2v) is 7.97. The summed E-state index contributed by atoms with van der Waals surface area (Å²) in [5.41, 5.74) is 2.51. The predicted octanol–water partition coefficient (Wildman–Crippen LogP) is 4.13. The number of rotatable bonds is 7. The molecule has 0 unspecified atom stereocenters. The maximum Gasteiger partial charge on any atom is 0.337 e. The smallest absolute Gasteiger partial charge is 0.337 e. The van der Waals surface area contributed by atoms with Crippen LogP contribution in [0.5, 0.6) is 0 Å². The van der Waals surface area contributed by atoms with Gasteiger partial charge in [-0.1, -0.05) is 38.3 Å². The van der Waals surface area contributed by atoms with Gasteiger partial charge in [0.25, 0.3) is 0 Å². The number of carbonyl (C=O) groups excluding carboxylic acids is 3. The van der Waals surface area contributed by atoms with Crippen molar-refractivity contribution in [2.75, 3.05) is 19.0 Å². The zero-order valence-electron chi connectivity index (χ0n) is 18.0. The van der Waals surface area contributed by atoms with Crippen LogP contribution >= 0.6 is 0 Å². The molecule has 0 aromatic heterocycles. The molecule has 1 aromatic rings. The van der Waals surface area contributed by atoms with Gasteiger partial charge in [-0.05, 0) is 43.9 Å². The van der Waals surface area contributed by atoms with Gasteiger partial charge in [0.2, 0.25) is 5.91 Å². The third-order valence-corrected chi connectivity index (χ3v) is 5.97. The molecule has 7 heteroatoms. The van der Waals surface area contributed by atoms with E-state index in [0.29, 0.717) is 23.5 Å². The maximum absolute atomic E-state index is 12.7. The Labute approximate surface area is 177 Å². The average Bonchev–Trinajstić information content (AvgIpc) is 3.28. The van der Waals surface area contributed by atoms with Gasteiger partial charge in [-0.25, -0.2) is 9.59 Å². The Bertz CT molecular complexity index is 825. The van der Waals surface area contributed by atoms with Crippen LogP contribution < -0.4 is 10.6 Å². The van der Waals surface area contributed by atoms with Crippen LogP contribution in [0.1, 0.15) is 64.0 Å². The molecule has 1 aliphatic heterocycles. The van der Waals surface area contributed by atoms with Crippen LogP contribution in [0.25, 0.3) is 0 Å². The van der Waals surface area contributed by atoms with Crippen LogP contribution in [-0.2, 0) is 14.3 Å². The second-order valence-electron chi connectivity index (χ2n) is 7.97. The van der Waals surface area contributed by atoms with E-state index in [0.717, 1.165) is 44.1 Å². The van der Waals surface area contributed by atoms with Crippen molar-refractivity contribution >= 4 is 23.6 Å². The molecule has 1 atom stereocenters. The van der Waals surface area contributed by atoms with Crippen LogP contribution in [0.3, 0.4) is 0 Å². The van der Waals surface area contributed by atoms with E-state index in [4.69, 9.17) is 4.74 Å². The van der Waals surface area contributed by atoms with Crippen molar-refractivity contribution in [1.29, 1.82) is 0 Å². The normalized spacial score (nSPS) is 19.6. The topological polar surface area (TPSA) is 87.7 Å². The number of hydrogen-bond acceptors (Lipinski definition) is 4. The third kappa shape index (κ3) is 4.66. The number of anilines is 1. The first-order chi connectivity index (χ1) is 14.5. The van der Waals surface area contributed by atoms with Gasteiger partial charge in [-0.15, -0.1) is 0 Å². The fourth-order valence-electron chi connectivity index (χ4n) is 4.18. The monoisotopic (exact) mass is 413 g/mol. The Morgan fingerprint density at radius 1 is 1.20 bits per heavy atom. The summed E-state index contributed by atoms with van der Waals surface area (Å²) in [6, 6.07) is 6.45. The number of methoxy groups -OCH3 is 1. The highest BCUT2D eigenvalue weighted by Gasteiger charge is 2.36. The summed E-state index contributed by atoms with van der Waals surface area (Å²) in [7, 11) is 1.34. The Hall–Kier alpha value is -2.83. The molecule has 3 amide bonds. The maximum atomic E-state index is 12.7. The fraction of sp³-hybridized carbons (Fsp3) is 0.522. The van der Waals surface area contributed by atoms with Crippen molar-refractivity contribution in [3.8, 4) is 0 Å². The van der Waals surface area contributed by atoms with Crippen molar-refractivity contribution in [3.05, 3.63) is 41.1 Å². The number of allylic oxidation sites excluding steroid dienone is 1. The summed E-state index contributed by atoms with van der Waals surface area (Å²) < 4.78 is 5.00. The fourth-order valence-corrected chi connectivity index (χ4v) is 4.18. The van der Waals surface area contributed by atoms with Gasteiger partial charge in [-0.2, -0.15) is 0 Å². The SMILES string of the molecule is CCCCN1C(=O)N[C@@H](c2ccc(NC(=O)C3CCCC3)cc2)C(C(=O)OC)=C1C. The minimum atomic E-state index is -0.595. The number of esters is 1. The molecule has 1 aliphatic carbocycles. The van der Waals surface area contributed by atoms with Crippen LogP contribution in [0.15, 0.2) is 35.5 Å². The number of ether oxygens (including phenoxy) is 1. The van der Waals surface area contributed by atoms with Gasteiger partial charge in [0.05, 0.1) is 18.7 Å². The number of carbonyl (C=O) groups is 3. The highest BCUT2D eigenvalue weighted by atomic mass is 16.5. The Morgan fingerprint density at radius 3 is 2.47 bits per heavy atom. The lowest BCUT2D eigenvalue weighted by atomic mass is 9.94. The quantitative estimate of drug-likeness (QED) is 0.658. The Balaban J connectivity index is 1.82. The first kappa shape index (κ1) is 21.9. The van der Waals surface area contributed by atoms with E-state index >= 15 is 0 Å². The Kier molecular flexibility index (Phi) is 7.13. The minimum Gasteiger partial charge on any atom is -0.466 e. The molecule has 0 spiro atoms. The van der Waals surface area contributed by atoms with Crippen molar-refractivity contribution in [2.45, 2.75) is 58.4 Å². The molecule has 2 N–H and O–H groups in total. The molecule has 3 rings (SSSR count). The van der Waals surface area contributed by atoms with Crippen LogP contribution in [0, 0.1) is 5.92 Å². The van der Waals surface area contributed by atoms with Crippen LogP contribution in [0.2, 0.25) is 0 Å². The number of urea groups is 1. The van der Waals surface area contributed by atoms with E-state index < -0.39 is 12.0 Å². The van der Waals surface area contributed by atoms with Crippen molar-refractivity contribution < 1.29 is 19.1 Å². The van der Waals surface area contributed by atoms with Crippen molar-refractivity contribution in [2.24, 2.45) is 5.92 Å². The predicted molar refractivity (Wildman–Crippen MR) is 115 cm³/mol. The zero-order chi connectivity index (χ0) is 21.7. The van der Waals surface area contributed by atoms with Crippen LogP contribution in [-0.4, -0.2) is 36.5 Å². The lowest BCUT2D eigenvalue weighted by molar-refractivity contribution is -0.136. The summed E-state index contributed by atoms with van der Waals surface area (Å²) in [5, 5.41) is 5.90. The number of amides is 3. The van der Waals surface area contributed by atoms with Gasteiger partial charge in [0, 0.05) is 23.8 Å². The molecule has 1 saturated carbocycles. The van der Waals surface area contributed by atoms with E-state index in [9.17, 15) is 14.4 Å². The Morgan fingerprint density at radius 2 is 1.87 bits per heavy atom. The third-order valence-electron chi connectivity index (χ3n) is 5.97. The molecule has 0 bridgehead atoms. The highest BCUT2D eigenvalue weighted by Crippen LogP contribution is 2.32. The number of unbranched alkanes of at least 4 members (excludes halogenated alkanes) is 1. The summed E-state index contributed by atoms with van der Waals surface area (Å²) in [5.74, 6) is -0.311. The molecular weight excluding hydrogens is 382 g/mol. The summed E-state index contributed by atoms with van der Waals surface area (Å²) in [6.45, 7) is 4.38. The molecule has 0 radical (unpaired) electrons. The van der Waals surface area contributed by atoms with E-state index in [2.05, 4.69) is 17.6 Å². The first-order valence-electron chi connectivity index (χ1n) is 10.7. The van der Waals surface area contributed by atoms with Gasteiger partial charge < -0.3 is 15.4 Å². The lowest BCUT2D eigenvalue weighted by Gasteiger charge is -2.35. The first-order valence-corrected chi connectivity index (χ1v) is 10.7. The molecule has 1 aromatic carbocycles. The summed E-state index contributed by atoms with van der Waals surface area (Å²) in [6.07, 6.45) is 5.89. The molecule has 7 nitrogen and oxygen atoms in total. The van der Waals surface area contributed by atoms with Crippen LogP contribution in [0.4, 0.5) is 10.5 Å². The molecular formula is C23H31N3O4. The van der Waals surface area contributed by atoms with Gasteiger partial charge in [-0.3, -0.25) is 9.69 Å². The van der Waals surface area contributed by atoms with Gasteiger partial charge >= 0.3 is 12.0 Å². The standard InChI is InChI=1S/C23H31N3O4/c1-4-5-14-26-15(2)19(22(28)30-3)20(25-23(26)29)16-10-12-18(13-11-16)24-21(27)17-8-6-7-9-17/h10-13,17,20H,4-9,14H2,1-3H3,(H,24,27)(H,25,29)/t20-/m0/s1. The average molecular weight is 414 g/mol. The lowest BCUT2D eigenvalue weighted by Crippen LogP contribution is -2.48. The summed E-state index contributed by atoms with van der Waals surface area (Å²) >= 11 is 0. The molecule has 30 heavy (non-hydrogen) atoms.